The van der Waals surface area contributed by atoms with Crippen LogP contribution < -0.4 is 5.32 Å². The summed E-state index contributed by atoms with van der Waals surface area (Å²) < 4.78 is 6.32. The predicted octanol–water partition coefficient (Wildman–Crippen LogP) is 8.04. The first-order valence-electron chi connectivity index (χ1n) is 14.0. The lowest BCUT2D eigenvalue weighted by Crippen LogP contribution is -2.49. The molecule has 1 spiro atoms. The molecule has 1 atom stereocenters. The van der Waals surface area contributed by atoms with Crippen LogP contribution in [0.2, 0.25) is 0 Å². The third-order valence-electron chi connectivity index (χ3n) is 8.48. The lowest BCUT2D eigenvalue weighted by molar-refractivity contribution is -0.483. The molecule has 7 rings (SSSR count). The Kier molecular flexibility index (Phi) is 6.32. The van der Waals surface area contributed by atoms with E-state index in [0.717, 1.165) is 43.2 Å². The number of nitrogens with one attached hydrogen (secondary N) is 1. The Morgan fingerprint density at radius 1 is 0.769 bits per heavy atom. The SMILES string of the molecule is C=C(c1ccc(-c2ccccc2)cc1)C1COC2(CCC(Nc3ccc4c(c3)-c3ccccc3C4)CC2)OO1. The van der Waals surface area contributed by atoms with Crippen molar-refractivity contribution in [2.45, 2.75) is 50.0 Å². The van der Waals surface area contributed by atoms with Gasteiger partial charge >= 0.3 is 0 Å². The molecule has 1 unspecified atom stereocenters. The normalized spacial score (nSPS) is 23.7. The van der Waals surface area contributed by atoms with E-state index in [1.165, 1.54) is 39.1 Å². The number of hydrogen-bond acceptors (Lipinski definition) is 4. The number of ether oxygens (including phenoxy) is 1. The van der Waals surface area contributed by atoms with Crippen LogP contribution >= 0.6 is 0 Å². The first kappa shape index (κ1) is 24.3. The number of rotatable bonds is 5. The standard InChI is InChI=1S/C35H33NO3/c1-24(25-11-13-27(14-12-25)26-7-3-2-4-8-26)34-23-37-35(39-38-34)19-17-30(18-20-35)36-31-16-15-29-21-28-9-5-6-10-32(28)33(29)22-31/h2-16,22,30,34,36H,1,17-21,23H2. The fraction of sp³-hybridized carbons (Fsp3) is 0.257. The minimum Gasteiger partial charge on any atom is -0.382 e. The summed E-state index contributed by atoms with van der Waals surface area (Å²) in [5.74, 6) is -0.664. The average molecular weight is 516 g/mol. The topological polar surface area (TPSA) is 39.7 Å². The Morgan fingerprint density at radius 3 is 2.26 bits per heavy atom. The van der Waals surface area contributed by atoms with Gasteiger partial charge in [-0.25, -0.2) is 9.78 Å². The van der Waals surface area contributed by atoms with Gasteiger partial charge in [0.25, 0.3) is 0 Å². The molecule has 4 heteroatoms. The van der Waals surface area contributed by atoms with E-state index in [1.54, 1.807) is 0 Å². The molecule has 0 aromatic heterocycles. The Labute approximate surface area is 230 Å². The first-order chi connectivity index (χ1) is 19.2. The second kappa shape index (κ2) is 10.1. The quantitative estimate of drug-likeness (QED) is 0.241. The fourth-order valence-corrected chi connectivity index (χ4v) is 6.16. The molecule has 0 bridgehead atoms. The maximum Gasteiger partial charge on any atom is 0.201 e. The Hall–Kier alpha value is -3.70. The minimum absolute atomic E-state index is 0.316. The number of benzene rings is 4. The summed E-state index contributed by atoms with van der Waals surface area (Å²) in [6.07, 6.45) is 4.22. The van der Waals surface area contributed by atoms with Crippen molar-refractivity contribution in [1.29, 1.82) is 0 Å². The second-order valence-corrected chi connectivity index (χ2v) is 11.0. The molecule has 4 nitrogen and oxygen atoms in total. The van der Waals surface area contributed by atoms with Crippen molar-refractivity contribution in [1.82, 2.24) is 0 Å². The van der Waals surface area contributed by atoms with E-state index in [2.05, 4.69) is 103 Å². The number of anilines is 1. The highest BCUT2D eigenvalue weighted by Gasteiger charge is 2.43. The Bertz CT molecular complexity index is 1480. The van der Waals surface area contributed by atoms with Crippen molar-refractivity contribution < 1.29 is 14.5 Å². The molecule has 1 N–H and O–H groups in total. The van der Waals surface area contributed by atoms with E-state index >= 15 is 0 Å². The summed E-state index contributed by atoms with van der Waals surface area (Å²) in [5.41, 5.74) is 11.0. The summed E-state index contributed by atoms with van der Waals surface area (Å²) >= 11 is 0. The third-order valence-corrected chi connectivity index (χ3v) is 8.48. The van der Waals surface area contributed by atoms with Crippen molar-refractivity contribution in [2.24, 2.45) is 0 Å². The van der Waals surface area contributed by atoms with Crippen LogP contribution in [-0.2, 0) is 20.9 Å². The Morgan fingerprint density at radius 2 is 1.49 bits per heavy atom. The molecule has 1 aliphatic heterocycles. The molecule has 4 aromatic rings. The van der Waals surface area contributed by atoms with Crippen LogP contribution in [0, 0.1) is 0 Å². The van der Waals surface area contributed by atoms with Gasteiger partial charge in [-0.15, -0.1) is 0 Å². The van der Waals surface area contributed by atoms with Crippen molar-refractivity contribution in [3.8, 4) is 22.3 Å². The lowest BCUT2D eigenvalue weighted by atomic mass is 9.89. The van der Waals surface area contributed by atoms with E-state index in [0.29, 0.717) is 12.6 Å². The number of hydrogen-bond donors (Lipinski definition) is 1. The van der Waals surface area contributed by atoms with E-state index in [9.17, 15) is 0 Å². The van der Waals surface area contributed by atoms with Crippen LogP contribution in [0.1, 0.15) is 42.4 Å². The molecule has 3 aliphatic rings. The van der Waals surface area contributed by atoms with E-state index in [4.69, 9.17) is 14.5 Å². The molecule has 1 saturated carbocycles. The molecule has 1 saturated heterocycles. The number of fused-ring (bicyclic) bond motifs is 3. The molecular weight excluding hydrogens is 482 g/mol. The average Bonchev–Trinajstić information content (AvgIpc) is 3.37. The van der Waals surface area contributed by atoms with E-state index in [1.807, 2.05) is 6.07 Å². The largest absolute Gasteiger partial charge is 0.382 e. The monoisotopic (exact) mass is 515 g/mol. The third kappa shape index (κ3) is 4.80. The van der Waals surface area contributed by atoms with Crippen molar-refractivity contribution in [3.05, 3.63) is 120 Å². The van der Waals surface area contributed by atoms with Crippen LogP contribution in [0.4, 0.5) is 5.69 Å². The van der Waals surface area contributed by atoms with E-state index < -0.39 is 5.79 Å². The minimum atomic E-state index is -0.664. The summed E-state index contributed by atoms with van der Waals surface area (Å²) in [7, 11) is 0. The summed E-state index contributed by atoms with van der Waals surface area (Å²) in [4.78, 5) is 11.8. The Balaban J connectivity index is 0.933. The molecule has 2 aliphatic carbocycles. The van der Waals surface area contributed by atoms with Gasteiger partial charge in [-0.2, -0.15) is 0 Å². The highest BCUT2D eigenvalue weighted by molar-refractivity contribution is 5.79. The molecule has 0 radical (unpaired) electrons. The van der Waals surface area contributed by atoms with Gasteiger partial charge in [0.1, 0.15) is 6.10 Å². The van der Waals surface area contributed by atoms with Crippen LogP contribution in [-0.4, -0.2) is 24.5 Å². The van der Waals surface area contributed by atoms with Gasteiger partial charge in [0.2, 0.25) is 5.79 Å². The molecule has 4 aromatic carbocycles. The van der Waals surface area contributed by atoms with Gasteiger partial charge in [0, 0.05) is 24.6 Å². The summed E-state index contributed by atoms with van der Waals surface area (Å²) in [6.45, 7) is 4.73. The van der Waals surface area contributed by atoms with Crippen molar-refractivity contribution in [3.63, 3.8) is 0 Å². The molecule has 0 amide bonds. The first-order valence-corrected chi connectivity index (χ1v) is 14.0. The van der Waals surface area contributed by atoms with Crippen LogP contribution in [0.5, 0.6) is 0 Å². The second-order valence-electron chi connectivity index (χ2n) is 11.0. The maximum atomic E-state index is 6.32. The molecule has 39 heavy (non-hydrogen) atoms. The molecular formula is C35H33NO3. The van der Waals surface area contributed by atoms with Crippen molar-refractivity contribution >= 4 is 11.3 Å². The van der Waals surface area contributed by atoms with Gasteiger partial charge in [-0.3, -0.25) is 0 Å². The summed E-state index contributed by atoms with van der Waals surface area (Å²) in [6, 6.07) is 34.7. The zero-order valence-corrected chi connectivity index (χ0v) is 22.1. The van der Waals surface area contributed by atoms with Crippen LogP contribution in [0.25, 0.3) is 27.8 Å². The molecule has 196 valence electrons. The highest BCUT2D eigenvalue weighted by atomic mass is 17.2. The fourth-order valence-electron chi connectivity index (χ4n) is 6.16. The van der Waals surface area contributed by atoms with E-state index in [-0.39, 0.29) is 6.10 Å². The lowest BCUT2D eigenvalue weighted by Gasteiger charge is -2.43. The van der Waals surface area contributed by atoms with Gasteiger partial charge < -0.3 is 10.1 Å². The van der Waals surface area contributed by atoms with Gasteiger partial charge in [0.05, 0.1) is 6.61 Å². The zero-order chi connectivity index (χ0) is 26.2. The maximum absolute atomic E-state index is 6.32. The molecule has 1 heterocycles. The summed E-state index contributed by atoms with van der Waals surface area (Å²) in [5, 5.41) is 3.76. The zero-order valence-electron chi connectivity index (χ0n) is 22.1. The highest BCUT2D eigenvalue weighted by Crippen LogP contribution is 2.41. The van der Waals surface area contributed by atoms with Gasteiger partial charge in [0.15, 0.2) is 0 Å². The van der Waals surface area contributed by atoms with Gasteiger partial charge in [-0.1, -0.05) is 91.5 Å². The van der Waals surface area contributed by atoms with Gasteiger partial charge in [-0.05, 0) is 75.9 Å². The van der Waals surface area contributed by atoms with Crippen molar-refractivity contribution in [2.75, 3.05) is 11.9 Å². The van der Waals surface area contributed by atoms with Crippen LogP contribution in [0.3, 0.4) is 0 Å². The predicted molar refractivity (Wildman–Crippen MR) is 156 cm³/mol. The van der Waals surface area contributed by atoms with Crippen LogP contribution in [0.15, 0.2) is 104 Å². The molecule has 2 fully saturated rings. The smallest absolute Gasteiger partial charge is 0.201 e.